The molecule has 0 bridgehead atoms. The Balaban J connectivity index is 1.92. The van der Waals surface area contributed by atoms with Crippen LogP contribution >= 0.6 is 0 Å². The maximum absolute atomic E-state index is 11.7. The molecule has 0 spiro atoms. The summed E-state index contributed by atoms with van der Waals surface area (Å²) in [6, 6.07) is 0. The number of likely N-dealkylation sites (tertiary alicyclic amines) is 1. The first kappa shape index (κ1) is 10.9. The lowest BCUT2D eigenvalue weighted by Crippen LogP contribution is -2.36. The maximum Gasteiger partial charge on any atom is 0.250 e. The van der Waals surface area contributed by atoms with Gasteiger partial charge in [0.1, 0.15) is 0 Å². The van der Waals surface area contributed by atoms with Gasteiger partial charge in [-0.2, -0.15) is 0 Å². The average molecular weight is 192 g/mol. The van der Waals surface area contributed by atoms with E-state index in [1.165, 1.54) is 19.3 Å². The Hall–Kier alpha value is -0.220. The topological polar surface area (TPSA) is 15.3 Å². The van der Waals surface area contributed by atoms with Gasteiger partial charge in [-0.05, 0) is 25.9 Å². The SMILES string of the molecule is FC(F)CNCCN1CCCCC1. The van der Waals surface area contributed by atoms with Crippen LogP contribution in [-0.2, 0) is 0 Å². The fourth-order valence-corrected chi connectivity index (χ4v) is 1.63. The number of hydrogen-bond donors (Lipinski definition) is 1. The first-order chi connectivity index (χ1) is 6.29. The van der Waals surface area contributed by atoms with Gasteiger partial charge < -0.3 is 10.2 Å². The smallest absolute Gasteiger partial charge is 0.250 e. The summed E-state index contributed by atoms with van der Waals surface area (Å²) >= 11 is 0. The molecule has 13 heavy (non-hydrogen) atoms. The van der Waals surface area contributed by atoms with Crippen LogP contribution in [0.5, 0.6) is 0 Å². The van der Waals surface area contributed by atoms with Gasteiger partial charge in [-0.1, -0.05) is 6.42 Å². The van der Waals surface area contributed by atoms with Crippen molar-refractivity contribution in [1.29, 1.82) is 0 Å². The molecule has 78 valence electrons. The molecule has 1 rings (SSSR count). The highest BCUT2D eigenvalue weighted by molar-refractivity contribution is 4.65. The van der Waals surface area contributed by atoms with E-state index in [0.717, 1.165) is 19.6 Å². The predicted molar refractivity (Wildman–Crippen MR) is 49.2 cm³/mol. The zero-order valence-electron chi connectivity index (χ0n) is 7.94. The molecule has 2 nitrogen and oxygen atoms in total. The molecule has 0 aromatic carbocycles. The molecule has 1 heterocycles. The first-order valence-corrected chi connectivity index (χ1v) is 5.00. The second kappa shape index (κ2) is 6.27. The van der Waals surface area contributed by atoms with Crippen LogP contribution in [0.25, 0.3) is 0 Å². The van der Waals surface area contributed by atoms with Gasteiger partial charge in [0.2, 0.25) is 0 Å². The van der Waals surface area contributed by atoms with E-state index < -0.39 is 6.43 Å². The Morgan fingerprint density at radius 2 is 1.85 bits per heavy atom. The van der Waals surface area contributed by atoms with Crippen molar-refractivity contribution in [3.63, 3.8) is 0 Å². The molecule has 0 aromatic heterocycles. The quantitative estimate of drug-likeness (QED) is 0.661. The van der Waals surface area contributed by atoms with Crippen LogP contribution in [-0.4, -0.2) is 44.0 Å². The van der Waals surface area contributed by atoms with Gasteiger partial charge in [0.15, 0.2) is 0 Å². The van der Waals surface area contributed by atoms with Gasteiger partial charge >= 0.3 is 0 Å². The fourth-order valence-electron chi connectivity index (χ4n) is 1.63. The van der Waals surface area contributed by atoms with Crippen molar-refractivity contribution in [2.24, 2.45) is 0 Å². The van der Waals surface area contributed by atoms with Crippen molar-refractivity contribution in [3.05, 3.63) is 0 Å². The van der Waals surface area contributed by atoms with Crippen molar-refractivity contribution >= 4 is 0 Å². The minimum atomic E-state index is -2.22. The van der Waals surface area contributed by atoms with Gasteiger partial charge in [0.25, 0.3) is 6.43 Å². The van der Waals surface area contributed by atoms with E-state index in [2.05, 4.69) is 10.2 Å². The second-order valence-corrected chi connectivity index (χ2v) is 3.50. The molecule has 1 aliphatic rings. The zero-order chi connectivity index (χ0) is 9.52. The summed E-state index contributed by atoms with van der Waals surface area (Å²) in [5.74, 6) is 0. The van der Waals surface area contributed by atoms with Gasteiger partial charge in [-0.25, -0.2) is 8.78 Å². The molecule has 1 aliphatic heterocycles. The van der Waals surface area contributed by atoms with Gasteiger partial charge in [-0.3, -0.25) is 0 Å². The number of halogens is 2. The standard InChI is InChI=1S/C9H18F2N2/c10-9(11)8-12-4-7-13-5-2-1-3-6-13/h9,12H,1-8H2. The lowest BCUT2D eigenvalue weighted by atomic mass is 10.1. The van der Waals surface area contributed by atoms with E-state index in [9.17, 15) is 8.78 Å². The van der Waals surface area contributed by atoms with Crippen LogP contribution < -0.4 is 5.32 Å². The third-order valence-electron chi connectivity index (χ3n) is 2.35. The molecule has 4 heteroatoms. The minimum Gasteiger partial charge on any atom is -0.310 e. The summed E-state index contributed by atoms with van der Waals surface area (Å²) in [5, 5.41) is 2.74. The van der Waals surface area contributed by atoms with Crippen LogP contribution in [0.15, 0.2) is 0 Å². The van der Waals surface area contributed by atoms with Crippen molar-refractivity contribution in [2.75, 3.05) is 32.7 Å². The van der Waals surface area contributed by atoms with Crippen LogP contribution in [0, 0.1) is 0 Å². The number of nitrogens with one attached hydrogen (secondary N) is 1. The predicted octanol–water partition coefficient (Wildman–Crippen LogP) is 1.33. The molecule has 1 fully saturated rings. The summed E-state index contributed by atoms with van der Waals surface area (Å²) in [7, 11) is 0. The average Bonchev–Trinajstić information content (AvgIpc) is 2.14. The van der Waals surface area contributed by atoms with Crippen molar-refractivity contribution in [3.8, 4) is 0 Å². The van der Waals surface area contributed by atoms with Crippen molar-refractivity contribution in [2.45, 2.75) is 25.7 Å². The molecule has 1 saturated heterocycles. The molecular weight excluding hydrogens is 174 g/mol. The summed E-state index contributed by atoms with van der Waals surface area (Å²) < 4.78 is 23.4. The fraction of sp³-hybridized carbons (Fsp3) is 1.00. The van der Waals surface area contributed by atoms with E-state index in [4.69, 9.17) is 0 Å². The lowest BCUT2D eigenvalue weighted by molar-refractivity contribution is 0.143. The molecule has 0 unspecified atom stereocenters. The Kier molecular flexibility index (Phi) is 5.23. The van der Waals surface area contributed by atoms with E-state index in [0.29, 0.717) is 6.54 Å². The molecule has 0 radical (unpaired) electrons. The van der Waals surface area contributed by atoms with Crippen LogP contribution in [0.2, 0.25) is 0 Å². The number of piperidine rings is 1. The Morgan fingerprint density at radius 3 is 2.46 bits per heavy atom. The van der Waals surface area contributed by atoms with Gasteiger partial charge in [0.05, 0.1) is 6.54 Å². The summed E-state index contributed by atoms with van der Waals surface area (Å²) in [5.41, 5.74) is 0. The number of alkyl halides is 2. The monoisotopic (exact) mass is 192 g/mol. The summed E-state index contributed by atoms with van der Waals surface area (Å²) in [4.78, 5) is 2.34. The maximum atomic E-state index is 11.7. The third kappa shape index (κ3) is 5.16. The third-order valence-corrected chi connectivity index (χ3v) is 2.35. The molecule has 0 saturated carbocycles. The molecule has 0 aliphatic carbocycles. The molecule has 0 atom stereocenters. The van der Waals surface area contributed by atoms with Crippen molar-refractivity contribution in [1.82, 2.24) is 10.2 Å². The first-order valence-electron chi connectivity index (χ1n) is 5.00. The van der Waals surface area contributed by atoms with Crippen LogP contribution in [0.3, 0.4) is 0 Å². The molecule has 1 N–H and O–H groups in total. The number of rotatable bonds is 5. The normalized spacial score (nSPS) is 19.6. The highest BCUT2D eigenvalue weighted by Gasteiger charge is 2.09. The van der Waals surface area contributed by atoms with Gasteiger partial charge in [-0.15, -0.1) is 0 Å². The minimum absolute atomic E-state index is 0.173. The number of nitrogens with zero attached hydrogens (tertiary/aromatic N) is 1. The largest absolute Gasteiger partial charge is 0.310 e. The second-order valence-electron chi connectivity index (χ2n) is 3.50. The van der Waals surface area contributed by atoms with Crippen LogP contribution in [0.4, 0.5) is 8.78 Å². The molecule has 0 amide bonds. The molecule has 0 aromatic rings. The highest BCUT2D eigenvalue weighted by atomic mass is 19.3. The van der Waals surface area contributed by atoms with Crippen molar-refractivity contribution < 1.29 is 8.78 Å². The van der Waals surface area contributed by atoms with E-state index >= 15 is 0 Å². The Morgan fingerprint density at radius 1 is 1.15 bits per heavy atom. The summed E-state index contributed by atoms with van der Waals surface area (Å²) in [6.07, 6.45) is 1.62. The van der Waals surface area contributed by atoms with E-state index in [1.54, 1.807) is 0 Å². The Bertz CT molecular complexity index is 125. The summed E-state index contributed by atoms with van der Waals surface area (Å²) in [6.45, 7) is 3.69. The van der Waals surface area contributed by atoms with E-state index in [1.807, 2.05) is 0 Å². The highest BCUT2D eigenvalue weighted by Crippen LogP contribution is 2.07. The lowest BCUT2D eigenvalue weighted by Gasteiger charge is -2.26. The Labute approximate surface area is 78.3 Å². The number of hydrogen-bond acceptors (Lipinski definition) is 2. The van der Waals surface area contributed by atoms with Crippen LogP contribution in [0.1, 0.15) is 19.3 Å². The van der Waals surface area contributed by atoms with Gasteiger partial charge in [0, 0.05) is 13.1 Å². The molecular formula is C9H18F2N2. The zero-order valence-corrected chi connectivity index (χ0v) is 7.94. The van der Waals surface area contributed by atoms with E-state index in [-0.39, 0.29) is 6.54 Å².